The Labute approximate surface area is 87.6 Å². The second-order valence-electron chi connectivity index (χ2n) is 2.33. The summed E-state index contributed by atoms with van der Waals surface area (Å²) >= 11 is 0. The van der Waals surface area contributed by atoms with Gasteiger partial charge in [0.15, 0.2) is 0 Å². The second-order valence-corrected chi connectivity index (χ2v) is 3.75. The molecule has 0 amide bonds. The minimum atomic E-state index is -4.09. The van der Waals surface area contributed by atoms with Crippen molar-refractivity contribution in [2.75, 3.05) is 0 Å². The van der Waals surface area contributed by atoms with Crippen molar-refractivity contribution < 1.29 is 13.0 Å². The zero-order valence-corrected chi connectivity index (χ0v) is 8.81. The van der Waals surface area contributed by atoms with Crippen LogP contribution in [0, 0.1) is 0 Å². The van der Waals surface area contributed by atoms with Gasteiger partial charge in [0, 0.05) is 23.9 Å². The summed E-state index contributed by atoms with van der Waals surface area (Å²) in [5, 5.41) is 0. The van der Waals surface area contributed by atoms with Gasteiger partial charge < -0.3 is 5.73 Å². The van der Waals surface area contributed by atoms with Crippen LogP contribution in [0.25, 0.3) is 0 Å². The van der Waals surface area contributed by atoms with E-state index in [9.17, 15) is 8.42 Å². The molecular formula is C7H9AlNO3S. The average molecular weight is 214 g/mol. The lowest BCUT2D eigenvalue weighted by Gasteiger charge is -1.98. The first-order valence-electron chi connectivity index (χ1n) is 3.30. The Kier molecular flexibility index (Phi) is 4.61. The maximum Gasteiger partial charge on any atom is 0.294 e. The lowest BCUT2D eigenvalue weighted by molar-refractivity contribution is 0.483. The molecule has 0 unspecified atom stereocenters. The van der Waals surface area contributed by atoms with E-state index in [4.69, 9.17) is 10.3 Å². The number of benzene rings is 1. The first-order valence-corrected chi connectivity index (χ1v) is 4.74. The monoisotopic (exact) mass is 214 g/mol. The predicted molar refractivity (Wildman–Crippen MR) is 49.9 cm³/mol. The van der Waals surface area contributed by atoms with Crippen LogP contribution in [-0.2, 0) is 16.7 Å². The lowest BCUT2D eigenvalue weighted by Crippen LogP contribution is -2.01. The predicted octanol–water partition coefficient (Wildman–Crippen LogP) is 0.0112. The second kappa shape index (κ2) is 4.75. The molecular weight excluding hydrogens is 205 g/mol. The standard InChI is InChI=1S/C7H9NO3S.Al/c8-5-6-2-1-3-7(4-6)12(9,10)11;/h1-4H,5,8H2,(H,9,10,11);. The molecule has 1 aromatic carbocycles. The minimum absolute atomic E-state index is 0. The molecule has 0 heterocycles. The van der Waals surface area contributed by atoms with E-state index in [2.05, 4.69) is 0 Å². The molecule has 0 aromatic heterocycles. The third kappa shape index (κ3) is 3.47. The molecule has 13 heavy (non-hydrogen) atoms. The summed E-state index contributed by atoms with van der Waals surface area (Å²) in [6.07, 6.45) is 0. The Bertz CT molecular complexity index is 377. The third-order valence-corrected chi connectivity index (χ3v) is 2.28. The topological polar surface area (TPSA) is 80.4 Å². The fraction of sp³-hybridized carbons (Fsp3) is 0.143. The molecule has 0 saturated heterocycles. The molecule has 0 saturated carbocycles. The molecule has 0 fully saturated rings. The molecule has 0 atom stereocenters. The van der Waals surface area contributed by atoms with Gasteiger partial charge >= 0.3 is 0 Å². The van der Waals surface area contributed by atoms with Crippen LogP contribution in [0.15, 0.2) is 29.2 Å². The van der Waals surface area contributed by atoms with Crippen molar-refractivity contribution in [2.24, 2.45) is 5.73 Å². The molecule has 4 nitrogen and oxygen atoms in total. The van der Waals surface area contributed by atoms with E-state index < -0.39 is 10.1 Å². The highest BCUT2D eigenvalue weighted by molar-refractivity contribution is 7.85. The van der Waals surface area contributed by atoms with Gasteiger partial charge in [-0.25, -0.2) is 0 Å². The van der Waals surface area contributed by atoms with E-state index in [1.54, 1.807) is 6.07 Å². The minimum Gasteiger partial charge on any atom is -0.326 e. The van der Waals surface area contributed by atoms with Gasteiger partial charge in [-0.1, -0.05) is 12.1 Å². The average Bonchev–Trinajstić information content (AvgIpc) is 2.03. The fourth-order valence-electron chi connectivity index (χ4n) is 0.833. The number of rotatable bonds is 2. The molecule has 0 spiro atoms. The zero-order chi connectivity index (χ0) is 9.19. The summed E-state index contributed by atoms with van der Waals surface area (Å²) < 4.78 is 29.9. The highest BCUT2D eigenvalue weighted by Gasteiger charge is 2.08. The SMILES string of the molecule is NCc1cccc(S(=O)(=O)O)c1.[Al]. The molecule has 3 radical (unpaired) electrons. The quantitative estimate of drug-likeness (QED) is 0.537. The smallest absolute Gasteiger partial charge is 0.294 e. The number of hydrogen-bond acceptors (Lipinski definition) is 3. The van der Waals surface area contributed by atoms with Gasteiger partial charge in [0.05, 0.1) is 4.90 Å². The van der Waals surface area contributed by atoms with Crippen LogP contribution < -0.4 is 5.73 Å². The van der Waals surface area contributed by atoms with E-state index in [0.29, 0.717) is 5.56 Å². The normalized spacial score (nSPS) is 10.6. The molecule has 0 aliphatic rings. The van der Waals surface area contributed by atoms with Crippen LogP contribution in [0.4, 0.5) is 0 Å². The van der Waals surface area contributed by atoms with Crippen molar-refractivity contribution in [1.29, 1.82) is 0 Å². The van der Waals surface area contributed by atoms with Crippen molar-refractivity contribution >= 4 is 27.5 Å². The zero-order valence-electron chi connectivity index (χ0n) is 6.84. The van der Waals surface area contributed by atoms with E-state index in [1.165, 1.54) is 18.2 Å². The Balaban J connectivity index is 0.00000144. The van der Waals surface area contributed by atoms with Crippen LogP contribution in [0.5, 0.6) is 0 Å². The molecule has 1 aromatic rings. The van der Waals surface area contributed by atoms with E-state index in [1.807, 2.05) is 0 Å². The summed E-state index contributed by atoms with van der Waals surface area (Å²) in [4.78, 5) is -0.120. The Hall–Kier alpha value is -0.378. The summed E-state index contributed by atoms with van der Waals surface area (Å²) in [5.74, 6) is 0. The highest BCUT2D eigenvalue weighted by Crippen LogP contribution is 2.09. The van der Waals surface area contributed by atoms with Crippen LogP contribution >= 0.6 is 0 Å². The van der Waals surface area contributed by atoms with Crippen LogP contribution in [-0.4, -0.2) is 30.3 Å². The summed E-state index contributed by atoms with van der Waals surface area (Å²) in [6.45, 7) is 0.253. The molecule has 6 heteroatoms. The van der Waals surface area contributed by atoms with Crippen molar-refractivity contribution in [1.82, 2.24) is 0 Å². The van der Waals surface area contributed by atoms with Gasteiger partial charge in [0.1, 0.15) is 0 Å². The molecule has 1 rings (SSSR count). The van der Waals surface area contributed by atoms with Gasteiger partial charge in [-0.05, 0) is 17.7 Å². The number of hydrogen-bond donors (Lipinski definition) is 2. The summed E-state index contributed by atoms with van der Waals surface area (Å²) in [7, 11) is -4.09. The number of nitrogens with two attached hydrogens (primary N) is 1. The van der Waals surface area contributed by atoms with Gasteiger partial charge in [-0.15, -0.1) is 0 Å². The van der Waals surface area contributed by atoms with Crippen LogP contribution in [0.2, 0.25) is 0 Å². The highest BCUT2D eigenvalue weighted by atomic mass is 32.2. The maximum absolute atomic E-state index is 10.6. The van der Waals surface area contributed by atoms with Gasteiger partial charge in [0.2, 0.25) is 0 Å². The molecule has 3 N–H and O–H groups in total. The molecule has 0 aliphatic carbocycles. The van der Waals surface area contributed by atoms with E-state index >= 15 is 0 Å². The lowest BCUT2D eigenvalue weighted by atomic mass is 10.2. The third-order valence-electron chi connectivity index (χ3n) is 1.43. The van der Waals surface area contributed by atoms with Crippen molar-refractivity contribution in [3.05, 3.63) is 29.8 Å². The summed E-state index contributed by atoms with van der Waals surface area (Å²) in [5.41, 5.74) is 5.96. The first-order chi connectivity index (χ1) is 5.54. The van der Waals surface area contributed by atoms with Gasteiger partial charge in [0.25, 0.3) is 10.1 Å². The molecule has 0 aliphatic heterocycles. The Morgan fingerprint density at radius 2 is 2.00 bits per heavy atom. The fourth-order valence-corrected chi connectivity index (χ4v) is 1.38. The first kappa shape index (κ1) is 12.6. The molecule has 69 valence electrons. The van der Waals surface area contributed by atoms with Crippen molar-refractivity contribution in [2.45, 2.75) is 11.4 Å². The van der Waals surface area contributed by atoms with E-state index in [-0.39, 0.29) is 28.8 Å². The Morgan fingerprint density at radius 1 is 1.38 bits per heavy atom. The van der Waals surface area contributed by atoms with Crippen molar-refractivity contribution in [3.8, 4) is 0 Å². The van der Waals surface area contributed by atoms with Crippen LogP contribution in [0.3, 0.4) is 0 Å². The van der Waals surface area contributed by atoms with Crippen LogP contribution in [0.1, 0.15) is 5.56 Å². The van der Waals surface area contributed by atoms with Crippen molar-refractivity contribution in [3.63, 3.8) is 0 Å². The Morgan fingerprint density at radius 3 is 2.46 bits per heavy atom. The van der Waals surface area contributed by atoms with E-state index in [0.717, 1.165) is 0 Å². The summed E-state index contributed by atoms with van der Waals surface area (Å²) in [6, 6.07) is 5.88. The maximum atomic E-state index is 10.6. The van der Waals surface area contributed by atoms with Gasteiger partial charge in [-0.2, -0.15) is 8.42 Å². The van der Waals surface area contributed by atoms with Gasteiger partial charge in [-0.3, -0.25) is 4.55 Å². The largest absolute Gasteiger partial charge is 0.326 e. The molecule has 0 bridgehead atoms.